The summed E-state index contributed by atoms with van der Waals surface area (Å²) in [6, 6.07) is 5.95. The maximum atomic E-state index is 12.6. The van der Waals surface area contributed by atoms with Gasteiger partial charge in [0, 0.05) is 31.3 Å². The van der Waals surface area contributed by atoms with Crippen molar-refractivity contribution in [1.29, 1.82) is 0 Å². The van der Waals surface area contributed by atoms with Gasteiger partial charge in [-0.2, -0.15) is 5.10 Å². The predicted octanol–water partition coefficient (Wildman–Crippen LogP) is 3.12. The van der Waals surface area contributed by atoms with Gasteiger partial charge in [0.1, 0.15) is 5.75 Å². The highest BCUT2D eigenvalue weighted by Crippen LogP contribution is 2.30. The normalized spacial score (nSPS) is 14.3. The van der Waals surface area contributed by atoms with Gasteiger partial charge in [0.25, 0.3) is 0 Å². The van der Waals surface area contributed by atoms with Crippen molar-refractivity contribution in [3.8, 4) is 5.75 Å². The van der Waals surface area contributed by atoms with Crippen LogP contribution in [0, 0.1) is 13.8 Å². The van der Waals surface area contributed by atoms with Crippen molar-refractivity contribution in [2.24, 2.45) is 0 Å². The molecule has 0 saturated heterocycles. The molecule has 0 radical (unpaired) electrons. The van der Waals surface area contributed by atoms with E-state index in [4.69, 9.17) is 4.74 Å². The van der Waals surface area contributed by atoms with E-state index in [1.807, 2.05) is 33.0 Å². The zero-order chi connectivity index (χ0) is 16.6. The molecule has 23 heavy (non-hydrogen) atoms. The Morgan fingerprint density at radius 3 is 2.91 bits per heavy atom. The summed E-state index contributed by atoms with van der Waals surface area (Å²) in [5.41, 5.74) is 5.26. The minimum atomic E-state index is 0.108. The number of nitrogens with one attached hydrogen (secondary N) is 1. The van der Waals surface area contributed by atoms with Crippen LogP contribution in [0.4, 0.5) is 5.69 Å². The Labute approximate surface area is 136 Å². The molecule has 1 N–H and O–H groups in total. The zero-order valence-electron chi connectivity index (χ0n) is 14.1. The molecule has 1 unspecified atom stereocenters. The summed E-state index contributed by atoms with van der Waals surface area (Å²) in [7, 11) is 1.83. The molecule has 1 aliphatic heterocycles. The summed E-state index contributed by atoms with van der Waals surface area (Å²) in [5.74, 6) is 1.19. The fourth-order valence-corrected chi connectivity index (χ4v) is 3.31. The third-order valence-corrected chi connectivity index (χ3v) is 4.59. The van der Waals surface area contributed by atoms with E-state index in [2.05, 4.69) is 23.2 Å². The molecule has 0 spiro atoms. The molecule has 1 aliphatic rings. The number of anilines is 1. The molecule has 1 aromatic carbocycles. The number of fused-ring (bicyclic) bond motifs is 1. The number of amides is 1. The number of benzene rings is 1. The number of hydrogen-bond donors (Lipinski definition) is 1. The first-order valence-corrected chi connectivity index (χ1v) is 8.01. The Bertz CT molecular complexity index is 716. The van der Waals surface area contributed by atoms with Crippen LogP contribution in [0.5, 0.6) is 5.75 Å². The van der Waals surface area contributed by atoms with E-state index in [9.17, 15) is 4.79 Å². The van der Waals surface area contributed by atoms with E-state index >= 15 is 0 Å². The first-order valence-electron chi connectivity index (χ1n) is 8.01. The second kappa shape index (κ2) is 6.07. The van der Waals surface area contributed by atoms with E-state index in [0.29, 0.717) is 6.42 Å². The van der Waals surface area contributed by atoms with Crippen LogP contribution >= 0.6 is 0 Å². The highest BCUT2D eigenvalue weighted by Gasteiger charge is 2.21. The fraction of sp³-hybridized carbons (Fsp3) is 0.444. The summed E-state index contributed by atoms with van der Waals surface area (Å²) >= 11 is 0. The van der Waals surface area contributed by atoms with E-state index < -0.39 is 0 Å². The second-order valence-corrected chi connectivity index (χ2v) is 6.30. The maximum Gasteiger partial charge on any atom is 0.227 e. The van der Waals surface area contributed by atoms with Crippen molar-refractivity contribution in [1.82, 2.24) is 10.2 Å². The molecule has 1 amide bonds. The lowest BCUT2D eigenvalue weighted by atomic mass is 9.95. The lowest BCUT2D eigenvalue weighted by molar-refractivity contribution is -0.118. The summed E-state index contributed by atoms with van der Waals surface area (Å²) in [5, 5.41) is 7.21. The third kappa shape index (κ3) is 2.96. The summed E-state index contributed by atoms with van der Waals surface area (Å²) < 4.78 is 5.52. The lowest BCUT2D eigenvalue weighted by Crippen LogP contribution is -2.27. The Morgan fingerprint density at radius 1 is 1.43 bits per heavy atom. The molecule has 3 rings (SSSR count). The van der Waals surface area contributed by atoms with Crippen LogP contribution in [0.25, 0.3) is 0 Å². The molecule has 0 fully saturated rings. The monoisotopic (exact) mass is 313 g/mol. The van der Waals surface area contributed by atoms with Gasteiger partial charge in [-0.05, 0) is 49.1 Å². The molecule has 1 atom stereocenters. The zero-order valence-corrected chi connectivity index (χ0v) is 14.1. The molecular weight excluding hydrogens is 290 g/mol. The molecule has 0 bridgehead atoms. The molecule has 0 saturated carbocycles. The molecule has 2 aromatic rings. The number of aromatic nitrogens is 2. The number of aromatic amines is 1. The summed E-state index contributed by atoms with van der Waals surface area (Å²) in [6.07, 6.45) is 1.38. The molecule has 1 aromatic heterocycles. The summed E-state index contributed by atoms with van der Waals surface area (Å²) in [6.45, 7) is 6.78. The Hall–Kier alpha value is -2.30. The standard InChI is InChI=1S/C18H23N3O2/c1-11(18-12(2)19-20-13(18)3)9-17(22)21(4)15-5-6-16-14(10-15)7-8-23-16/h5-6,10-11H,7-9H2,1-4H3,(H,19,20). The topological polar surface area (TPSA) is 58.2 Å². The van der Waals surface area contributed by atoms with Gasteiger partial charge in [-0.1, -0.05) is 6.92 Å². The first kappa shape index (κ1) is 15.6. The van der Waals surface area contributed by atoms with Crippen LogP contribution in [0.2, 0.25) is 0 Å². The maximum absolute atomic E-state index is 12.6. The van der Waals surface area contributed by atoms with Gasteiger partial charge in [0.05, 0.1) is 12.3 Å². The van der Waals surface area contributed by atoms with Crippen molar-refractivity contribution in [2.75, 3.05) is 18.6 Å². The van der Waals surface area contributed by atoms with Gasteiger partial charge in [-0.15, -0.1) is 0 Å². The number of hydrogen-bond acceptors (Lipinski definition) is 3. The Morgan fingerprint density at radius 2 is 2.22 bits per heavy atom. The number of carbonyl (C=O) groups excluding carboxylic acids is 1. The quantitative estimate of drug-likeness (QED) is 0.943. The van der Waals surface area contributed by atoms with Gasteiger partial charge < -0.3 is 9.64 Å². The molecule has 5 heteroatoms. The van der Waals surface area contributed by atoms with E-state index in [1.54, 1.807) is 4.90 Å². The highest BCUT2D eigenvalue weighted by molar-refractivity contribution is 5.93. The van der Waals surface area contributed by atoms with E-state index in [1.165, 1.54) is 5.56 Å². The van der Waals surface area contributed by atoms with Gasteiger partial charge in [-0.25, -0.2) is 0 Å². The number of nitrogens with zero attached hydrogens (tertiary/aromatic N) is 2. The molecular formula is C18H23N3O2. The molecule has 2 heterocycles. The van der Waals surface area contributed by atoms with Gasteiger partial charge in [0.2, 0.25) is 5.91 Å². The van der Waals surface area contributed by atoms with Crippen LogP contribution < -0.4 is 9.64 Å². The third-order valence-electron chi connectivity index (χ3n) is 4.59. The molecule has 0 aliphatic carbocycles. The predicted molar refractivity (Wildman–Crippen MR) is 90.1 cm³/mol. The average Bonchev–Trinajstić information content (AvgIpc) is 3.11. The second-order valence-electron chi connectivity index (χ2n) is 6.30. The average molecular weight is 313 g/mol. The van der Waals surface area contributed by atoms with Gasteiger partial charge in [0.15, 0.2) is 0 Å². The van der Waals surface area contributed by atoms with Crippen molar-refractivity contribution < 1.29 is 9.53 Å². The van der Waals surface area contributed by atoms with Crippen molar-refractivity contribution >= 4 is 11.6 Å². The Balaban J connectivity index is 1.73. The minimum Gasteiger partial charge on any atom is -0.493 e. The number of aryl methyl sites for hydroxylation is 2. The van der Waals surface area contributed by atoms with E-state index in [-0.39, 0.29) is 11.8 Å². The van der Waals surface area contributed by atoms with Gasteiger partial charge in [-0.3, -0.25) is 9.89 Å². The number of ether oxygens (including phenoxy) is 1. The highest BCUT2D eigenvalue weighted by atomic mass is 16.5. The summed E-state index contributed by atoms with van der Waals surface area (Å²) in [4.78, 5) is 14.4. The molecule has 122 valence electrons. The smallest absolute Gasteiger partial charge is 0.227 e. The van der Waals surface area contributed by atoms with Crippen LogP contribution in [-0.4, -0.2) is 29.8 Å². The van der Waals surface area contributed by atoms with Crippen LogP contribution in [0.1, 0.15) is 41.8 Å². The van der Waals surface area contributed by atoms with Crippen molar-refractivity contribution in [3.05, 3.63) is 40.7 Å². The van der Waals surface area contributed by atoms with Crippen molar-refractivity contribution in [2.45, 2.75) is 39.5 Å². The molecule has 5 nitrogen and oxygen atoms in total. The largest absolute Gasteiger partial charge is 0.493 e. The van der Waals surface area contributed by atoms with Crippen LogP contribution in [-0.2, 0) is 11.2 Å². The van der Waals surface area contributed by atoms with Gasteiger partial charge >= 0.3 is 0 Å². The fourth-order valence-electron chi connectivity index (χ4n) is 3.31. The van der Waals surface area contributed by atoms with Crippen LogP contribution in [0.15, 0.2) is 18.2 Å². The lowest BCUT2D eigenvalue weighted by Gasteiger charge is -2.20. The number of carbonyl (C=O) groups is 1. The Kier molecular flexibility index (Phi) is 4.11. The minimum absolute atomic E-state index is 0.108. The van der Waals surface area contributed by atoms with Crippen molar-refractivity contribution in [3.63, 3.8) is 0 Å². The number of rotatable bonds is 4. The van der Waals surface area contributed by atoms with Crippen LogP contribution in [0.3, 0.4) is 0 Å². The van der Waals surface area contributed by atoms with E-state index in [0.717, 1.165) is 41.4 Å². The number of H-pyrrole nitrogens is 1. The SMILES string of the molecule is Cc1n[nH]c(C)c1C(C)CC(=O)N(C)c1ccc2c(c1)CCO2. The first-order chi connectivity index (χ1) is 11.0.